The van der Waals surface area contributed by atoms with Gasteiger partial charge in [0, 0.05) is 36.6 Å². The molecule has 1 aromatic heterocycles. The summed E-state index contributed by atoms with van der Waals surface area (Å²) in [6, 6.07) is 11.8. The van der Waals surface area contributed by atoms with Gasteiger partial charge in [-0.25, -0.2) is 4.98 Å². The van der Waals surface area contributed by atoms with Crippen LogP contribution in [0.25, 0.3) is 0 Å². The van der Waals surface area contributed by atoms with Crippen molar-refractivity contribution in [3.63, 3.8) is 0 Å². The Morgan fingerprint density at radius 1 is 1.08 bits per heavy atom. The molecule has 2 heterocycles. The number of carbonyl (C=O) groups is 1. The van der Waals surface area contributed by atoms with Gasteiger partial charge < -0.3 is 35.2 Å². The van der Waals surface area contributed by atoms with Crippen molar-refractivity contribution in [2.24, 2.45) is 0 Å². The minimum absolute atomic E-state index is 0.284. The van der Waals surface area contributed by atoms with Crippen molar-refractivity contribution in [3.8, 4) is 11.5 Å². The Labute approximate surface area is 234 Å². The van der Waals surface area contributed by atoms with Gasteiger partial charge in [0.25, 0.3) is 0 Å². The lowest BCUT2D eigenvalue weighted by Gasteiger charge is -2.36. The lowest BCUT2D eigenvalue weighted by Crippen LogP contribution is -2.41. The molecule has 0 unspecified atom stereocenters. The van der Waals surface area contributed by atoms with Crippen molar-refractivity contribution in [2.45, 2.75) is 18.9 Å². The Bertz CT molecular complexity index is 1330. The molecule has 0 bridgehead atoms. The number of hydrogen-bond acceptors (Lipinski definition) is 9. The second-order valence-electron chi connectivity index (χ2n) is 9.32. The highest BCUT2D eigenvalue weighted by Gasteiger charge is 2.22. The molecular weight excluding hydrogens is 518 g/mol. The summed E-state index contributed by atoms with van der Waals surface area (Å²) in [6.45, 7) is 5.46. The van der Waals surface area contributed by atoms with Gasteiger partial charge in [-0.2, -0.15) is 4.98 Å². The van der Waals surface area contributed by atoms with Crippen LogP contribution >= 0.6 is 11.6 Å². The van der Waals surface area contributed by atoms with Crippen molar-refractivity contribution < 1.29 is 14.3 Å². The molecule has 1 aliphatic heterocycles. The van der Waals surface area contributed by atoms with E-state index in [0.717, 1.165) is 37.3 Å². The number of amides is 1. The first-order chi connectivity index (χ1) is 18.8. The third kappa shape index (κ3) is 6.90. The fourth-order valence-electron chi connectivity index (χ4n) is 4.46. The molecular formula is C28H34ClN7O3. The van der Waals surface area contributed by atoms with Gasteiger partial charge in [-0.05, 0) is 63.3 Å². The van der Waals surface area contributed by atoms with Crippen LogP contribution < -0.4 is 30.3 Å². The summed E-state index contributed by atoms with van der Waals surface area (Å²) in [5.74, 6) is 1.59. The van der Waals surface area contributed by atoms with Gasteiger partial charge in [-0.1, -0.05) is 18.2 Å². The molecule has 1 aliphatic rings. The number of aromatic nitrogens is 2. The van der Waals surface area contributed by atoms with E-state index in [-0.39, 0.29) is 11.9 Å². The van der Waals surface area contributed by atoms with Crippen LogP contribution in [-0.2, 0) is 4.79 Å². The zero-order chi connectivity index (χ0) is 27.9. The summed E-state index contributed by atoms with van der Waals surface area (Å²) in [7, 11) is 7.47. The summed E-state index contributed by atoms with van der Waals surface area (Å²) in [6.07, 6.45) is 4.95. The normalized spacial score (nSPS) is 13.6. The number of methoxy groups -OCH3 is 2. The van der Waals surface area contributed by atoms with E-state index in [9.17, 15) is 4.79 Å². The molecule has 1 saturated heterocycles. The minimum atomic E-state index is -0.321. The number of rotatable bonds is 10. The Kier molecular flexibility index (Phi) is 9.11. The highest BCUT2D eigenvalue weighted by atomic mass is 35.5. The summed E-state index contributed by atoms with van der Waals surface area (Å²) < 4.78 is 11.1. The van der Waals surface area contributed by atoms with Gasteiger partial charge in [0.2, 0.25) is 11.9 Å². The van der Waals surface area contributed by atoms with Gasteiger partial charge in [-0.15, -0.1) is 0 Å². The molecule has 3 aromatic rings. The first kappa shape index (κ1) is 28.0. The Balaban J connectivity index is 1.53. The Hall–Kier alpha value is -4.02. The van der Waals surface area contributed by atoms with Crippen LogP contribution in [-0.4, -0.2) is 68.2 Å². The van der Waals surface area contributed by atoms with Crippen molar-refractivity contribution in [1.82, 2.24) is 14.9 Å². The molecule has 10 nitrogen and oxygen atoms in total. The van der Waals surface area contributed by atoms with E-state index in [0.29, 0.717) is 39.8 Å². The Morgan fingerprint density at radius 2 is 1.82 bits per heavy atom. The Morgan fingerprint density at radius 3 is 2.49 bits per heavy atom. The number of nitrogens with zero attached hydrogens (tertiary/aromatic N) is 4. The molecule has 11 heteroatoms. The lowest BCUT2D eigenvalue weighted by molar-refractivity contribution is -0.111. The second kappa shape index (κ2) is 12.7. The van der Waals surface area contributed by atoms with E-state index in [1.54, 1.807) is 32.4 Å². The average Bonchev–Trinajstić information content (AvgIpc) is 2.95. The van der Waals surface area contributed by atoms with Crippen LogP contribution in [0.1, 0.15) is 12.8 Å². The standard InChI is InChI=1S/C28H34ClN7O3/c1-6-26(37)31-18-7-10-24(38-4)23(15-18)33-28-30-17-21(29)27(34-28)32-22-9-8-20(16-25(22)39-5)36-13-11-19(12-14-36)35(2)3/h6-10,15-17,19H,1,11-14H2,2-5H3,(H,31,37)(H2,30,32,33,34). The van der Waals surface area contributed by atoms with Gasteiger partial charge in [0.15, 0.2) is 5.82 Å². The van der Waals surface area contributed by atoms with E-state index < -0.39 is 0 Å². The highest BCUT2D eigenvalue weighted by Crippen LogP contribution is 2.35. The number of ether oxygens (including phenoxy) is 2. The van der Waals surface area contributed by atoms with E-state index >= 15 is 0 Å². The number of carbonyl (C=O) groups excluding carboxylic acids is 1. The largest absolute Gasteiger partial charge is 0.495 e. The molecule has 0 spiro atoms. The maximum atomic E-state index is 11.7. The van der Waals surface area contributed by atoms with Gasteiger partial charge >= 0.3 is 0 Å². The molecule has 3 N–H and O–H groups in total. The molecule has 0 radical (unpaired) electrons. The SMILES string of the molecule is C=CC(=O)Nc1ccc(OC)c(Nc2ncc(Cl)c(Nc3ccc(N4CCC(N(C)C)CC4)cc3OC)n2)c1. The fourth-order valence-corrected chi connectivity index (χ4v) is 4.60. The zero-order valence-corrected chi connectivity index (χ0v) is 23.4. The number of halogens is 1. The van der Waals surface area contributed by atoms with E-state index in [4.69, 9.17) is 21.1 Å². The summed E-state index contributed by atoms with van der Waals surface area (Å²) in [5, 5.41) is 9.48. The van der Waals surface area contributed by atoms with Gasteiger partial charge in [0.1, 0.15) is 16.5 Å². The van der Waals surface area contributed by atoms with E-state index in [2.05, 4.69) is 62.5 Å². The van der Waals surface area contributed by atoms with Crippen LogP contribution in [0.4, 0.5) is 34.5 Å². The molecule has 206 valence electrons. The molecule has 4 rings (SSSR count). The van der Waals surface area contributed by atoms with Crippen molar-refractivity contribution in [3.05, 3.63) is 60.3 Å². The third-order valence-electron chi connectivity index (χ3n) is 6.64. The van der Waals surface area contributed by atoms with E-state index in [1.807, 2.05) is 12.1 Å². The average molecular weight is 552 g/mol. The molecule has 0 saturated carbocycles. The minimum Gasteiger partial charge on any atom is -0.495 e. The smallest absolute Gasteiger partial charge is 0.247 e. The van der Waals surface area contributed by atoms with Crippen LogP contribution in [0.3, 0.4) is 0 Å². The number of nitrogens with one attached hydrogen (secondary N) is 3. The van der Waals surface area contributed by atoms with Crippen molar-refractivity contribution in [2.75, 3.05) is 62.3 Å². The van der Waals surface area contributed by atoms with Crippen LogP contribution in [0, 0.1) is 0 Å². The summed E-state index contributed by atoms with van der Waals surface area (Å²) in [5.41, 5.74) is 2.96. The summed E-state index contributed by atoms with van der Waals surface area (Å²) >= 11 is 6.44. The highest BCUT2D eigenvalue weighted by molar-refractivity contribution is 6.33. The topological polar surface area (TPSA) is 104 Å². The quantitative estimate of drug-likeness (QED) is 0.290. The second-order valence-corrected chi connectivity index (χ2v) is 9.72. The van der Waals surface area contributed by atoms with Crippen molar-refractivity contribution in [1.29, 1.82) is 0 Å². The van der Waals surface area contributed by atoms with Gasteiger partial charge in [0.05, 0.1) is 31.8 Å². The molecule has 2 aromatic carbocycles. The first-order valence-corrected chi connectivity index (χ1v) is 13.0. The number of hydrogen-bond donors (Lipinski definition) is 3. The molecule has 39 heavy (non-hydrogen) atoms. The fraction of sp³-hybridized carbons (Fsp3) is 0.321. The van der Waals surface area contributed by atoms with Crippen LogP contribution in [0.15, 0.2) is 55.3 Å². The van der Waals surface area contributed by atoms with Crippen LogP contribution in [0.5, 0.6) is 11.5 Å². The number of piperidine rings is 1. The molecule has 0 atom stereocenters. The third-order valence-corrected chi connectivity index (χ3v) is 6.92. The number of benzene rings is 2. The zero-order valence-electron chi connectivity index (χ0n) is 22.6. The van der Waals surface area contributed by atoms with Crippen LogP contribution in [0.2, 0.25) is 5.02 Å². The van der Waals surface area contributed by atoms with E-state index in [1.165, 1.54) is 12.3 Å². The molecule has 1 amide bonds. The van der Waals surface area contributed by atoms with Crippen molar-refractivity contribution >= 4 is 52.0 Å². The monoisotopic (exact) mass is 551 g/mol. The predicted octanol–water partition coefficient (Wildman–Crippen LogP) is 5.29. The predicted molar refractivity (Wildman–Crippen MR) is 157 cm³/mol. The molecule has 0 aliphatic carbocycles. The maximum Gasteiger partial charge on any atom is 0.247 e. The first-order valence-electron chi connectivity index (χ1n) is 12.6. The van der Waals surface area contributed by atoms with Gasteiger partial charge in [-0.3, -0.25) is 4.79 Å². The maximum absolute atomic E-state index is 11.7. The lowest BCUT2D eigenvalue weighted by atomic mass is 10.0. The summed E-state index contributed by atoms with van der Waals surface area (Å²) in [4.78, 5) is 25.3. The molecule has 1 fully saturated rings. The number of anilines is 6.